The average molecular weight is 631 g/mol. The van der Waals surface area contributed by atoms with Crippen molar-refractivity contribution in [1.82, 2.24) is 4.90 Å². The minimum atomic E-state index is -0.870. The molecule has 3 aliphatic rings. The number of ether oxygens (including phenoxy) is 1. The molecule has 3 heterocycles. The summed E-state index contributed by atoms with van der Waals surface area (Å²) in [5.41, 5.74) is 3.67. The summed E-state index contributed by atoms with van der Waals surface area (Å²) >= 11 is 1.63. The summed E-state index contributed by atoms with van der Waals surface area (Å²) in [5, 5.41) is 10.7. The Morgan fingerprint density at radius 2 is 1.82 bits per heavy atom. The molecule has 7 nitrogen and oxygen atoms in total. The van der Waals surface area contributed by atoms with Gasteiger partial charge in [0.15, 0.2) is 0 Å². The lowest BCUT2D eigenvalue weighted by molar-refractivity contribution is -0.155. The maximum absolute atomic E-state index is 15.2. The van der Waals surface area contributed by atoms with Gasteiger partial charge in [-0.2, -0.15) is 0 Å². The van der Waals surface area contributed by atoms with E-state index >= 15 is 4.79 Å². The van der Waals surface area contributed by atoms with Crippen molar-refractivity contribution in [2.24, 2.45) is 17.8 Å². The highest BCUT2D eigenvalue weighted by atomic mass is 32.2. The third-order valence-electron chi connectivity index (χ3n) is 9.94. The first-order chi connectivity index (χ1) is 21.7. The molecule has 2 bridgehead atoms. The van der Waals surface area contributed by atoms with Gasteiger partial charge in [0.05, 0.1) is 35.8 Å². The molecule has 0 saturated carbocycles. The van der Waals surface area contributed by atoms with E-state index in [1.54, 1.807) is 27.6 Å². The summed E-state index contributed by atoms with van der Waals surface area (Å²) in [4.78, 5) is 47.1. The Hall–Kier alpha value is -3.36. The Bertz CT molecular complexity index is 1410. The number of unbranched alkanes of at least 4 members (excludes halogenated alkanes) is 2. The molecule has 3 aliphatic heterocycles. The van der Waals surface area contributed by atoms with E-state index in [0.717, 1.165) is 48.1 Å². The van der Waals surface area contributed by atoms with Crippen molar-refractivity contribution in [3.05, 3.63) is 90.5 Å². The Labute approximate surface area is 271 Å². The van der Waals surface area contributed by atoms with Crippen molar-refractivity contribution in [3.8, 4) is 0 Å². The summed E-state index contributed by atoms with van der Waals surface area (Å²) in [6.07, 6.45) is 7.13. The molecule has 45 heavy (non-hydrogen) atoms. The molecule has 0 aromatic heterocycles. The molecule has 2 aromatic rings. The fourth-order valence-electron chi connectivity index (χ4n) is 8.00. The highest BCUT2D eigenvalue weighted by Crippen LogP contribution is 2.69. The minimum absolute atomic E-state index is 0.00309. The van der Waals surface area contributed by atoms with Crippen LogP contribution in [0.5, 0.6) is 0 Å². The number of aryl methyl sites for hydroxylation is 2. The quantitative estimate of drug-likeness (QED) is 0.165. The topological polar surface area (TPSA) is 87.1 Å². The predicted molar refractivity (Wildman–Crippen MR) is 180 cm³/mol. The van der Waals surface area contributed by atoms with Crippen molar-refractivity contribution in [2.75, 3.05) is 24.7 Å². The van der Waals surface area contributed by atoms with Crippen molar-refractivity contribution < 1.29 is 24.2 Å². The van der Waals surface area contributed by atoms with Gasteiger partial charge >= 0.3 is 5.97 Å². The van der Waals surface area contributed by atoms with Crippen molar-refractivity contribution >= 4 is 35.2 Å². The summed E-state index contributed by atoms with van der Waals surface area (Å²) in [6, 6.07) is 14.1. The minimum Gasteiger partial charge on any atom is -0.465 e. The standard InChI is InChI=1S/C37H46N2O5S/c1-6-8-9-13-20-44-36(43)30-29-21-26(5)37(45-29)31(30)34(41)39(28(23-40)22-27-17-11-10-12-18-27)33(37)35(42)38(19-7-2)32-24(3)15-14-16-25(32)4/h6-7,10-12,14-18,26,28-31,33,40H,1-2,8-9,13,19-23H2,3-5H3/t26?,28-,29-,30+,31+,33?,37?/m1/s1. The summed E-state index contributed by atoms with van der Waals surface area (Å²) in [6.45, 7) is 14.0. The van der Waals surface area contributed by atoms with Crippen molar-refractivity contribution in [3.63, 3.8) is 0 Å². The van der Waals surface area contributed by atoms with Gasteiger partial charge in [0.1, 0.15) is 6.04 Å². The largest absolute Gasteiger partial charge is 0.465 e. The maximum atomic E-state index is 15.2. The van der Waals surface area contributed by atoms with Gasteiger partial charge in [-0.1, -0.05) is 67.6 Å². The number of thioether (sulfide) groups is 1. The van der Waals surface area contributed by atoms with Gasteiger partial charge in [-0.3, -0.25) is 14.4 Å². The molecule has 3 fully saturated rings. The number of carbonyl (C=O) groups excluding carboxylic acids is 3. The van der Waals surface area contributed by atoms with E-state index in [1.165, 1.54) is 0 Å². The highest BCUT2D eigenvalue weighted by molar-refractivity contribution is 8.02. The monoisotopic (exact) mass is 630 g/mol. The lowest BCUT2D eigenvalue weighted by atomic mass is 9.66. The fraction of sp³-hybridized carbons (Fsp3) is 0.486. The Morgan fingerprint density at radius 3 is 2.47 bits per heavy atom. The van der Waals surface area contributed by atoms with Gasteiger partial charge in [0.25, 0.3) is 5.91 Å². The molecule has 8 heteroatoms. The molecule has 2 aromatic carbocycles. The lowest BCUT2D eigenvalue weighted by Gasteiger charge is -2.42. The van der Waals surface area contributed by atoms with E-state index in [-0.39, 0.29) is 42.1 Å². The number of anilines is 1. The highest BCUT2D eigenvalue weighted by Gasteiger charge is 2.77. The van der Waals surface area contributed by atoms with Crippen LogP contribution in [0.3, 0.4) is 0 Å². The van der Waals surface area contributed by atoms with Crippen molar-refractivity contribution in [1.29, 1.82) is 0 Å². The SMILES string of the molecule is C=CCCCCOC(=O)[C@@H]1[C@H]2C(=O)N([C@@H](CO)Cc3ccccc3)C(C(=O)N(CC=C)c3c(C)cccc3C)C23S[C@@H]1CC3C. The van der Waals surface area contributed by atoms with Crippen LogP contribution in [0.15, 0.2) is 73.8 Å². The average Bonchev–Trinajstić information content (AvgIpc) is 3.63. The van der Waals surface area contributed by atoms with Crippen LogP contribution in [0.1, 0.15) is 49.3 Å². The molecule has 3 unspecified atom stereocenters. The van der Waals surface area contributed by atoms with Gasteiger partial charge in [0.2, 0.25) is 5.91 Å². The number of aliphatic hydroxyl groups is 1. The maximum Gasteiger partial charge on any atom is 0.310 e. The van der Waals surface area contributed by atoms with Crippen LogP contribution in [0.4, 0.5) is 5.69 Å². The van der Waals surface area contributed by atoms with E-state index in [1.807, 2.05) is 68.5 Å². The van der Waals surface area contributed by atoms with E-state index < -0.39 is 28.7 Å². The first kappa shape index (κ1) is 33.0. The molecule has 1 spiro atoms. The lowest BCUT2D eigenvalue weighted by Crippen LogP contribution is -2.59. The van der Waals surface area contributed by atoms with Gasteiger partial charge in [-0.05, 0) is 68.6 Å². The smallest absolute Gasteiger partial charge is 0.310 e. The van der Waals surface area contributed by atoms with Gasteiger partial charge < -0.3 is 19.6 Å². The van der Waals surface area contributed by atoms with Gasteiger partial charge in [-0.25, -0.2) is 0 Å². The number of likely N-dealkylation sites (tertiary alicyclic amines) is 1. The number of para-hydroxylation sites is 1. The van der Waals surface area contributed by atoms with Crippen LogP contribution in [0.2, 0.25) is 0 Å². The number of hydrogen-bond donors (Lipinski definition) is 1. The molecule has 7 atom stereocenters. The van der Waals surface area contributed by atoms with Gasteiger partial charge in [0, 0.05) is 17.5 Å². The van der Waals surface area contributed by atoms with Crippen LogP contribution in [0.25, 0.3) is 0 Å². The zero-order valence-electron chi connectivity index (χ0n) is 26.7. The number of benzene rings is 2. The molecule has 2 amide bonds. The van der Waals surface area contributed by atoms with Crippen molar-refractivity contribution in [2.45, 2.75) is 75.0 Å². The predicted octanol–water partition coefficient (Wildman–Crippen LogP) is 5.66. The molecular formula is C37H46N2O5S. The number of carbonyl (C=O) groups is 3. The second-order valence-corrected chi connectivity index (χ2v) is 14.3. The third kappa shape index (κ3) is 5.87. The third-order valence-corrected chi connectivity index (χ3v) is 12.0. The molecular weight excluding hydrogens is 584 g/mol. The number of amides is 2. The summed E-state index contributed by atoms with van der Waals surface area (Å²) in [7, 11) is 0. The number of aliphatic hydroxyl groups excluding tert-OH is 1. The first-order valence-corrected chi connectivity index (χ1v) is 17.0. The van der Waals surface area contributed by atoms with E-state index in [9.17, 15) is 14.7 Å². The van der Waals surface area contributed by atoms with Crippen LogP contribution in [-0.4, -0.2) is 69.6 Å². The Kier molecular flexibility index (Phi) is 10.2. The zero-order chi connectivity index (χ0) is 32.3. The molecule has 0 radical (unpaired) electrons. The van der Waals surface area contributed by atoms with Crippen LogP contribution in [-0.2, 0) is 25.5 Å². The van der Waals surface area contributed by atoms with Crippen LogP contribution < -0.4 is 4.90 Å². The Morgan fingerprint density at radius 1 is 1.11 bits per heavy atom. The first-order valence-electron chi connectivity index (χ1n) is 16.1. The number of allylic oxidation sites excluding steroid dienone is 1. The second-order valence-electron chi connectivity index (χ2n) is 12.8. The van der Waals surface area contributed by atoms with Crippen LogP contribution in [0, 0.1) is 31.6 Å². The molecule has 240 valence electrons. The van der Waals surface area contributed by atoms with E-state index in [0.29, 0.717) is 13.0 Å². The number of rotatable bonds is 14. The molecule has 1 N–H and O–H groups in total. The summed E-state index contributed by atoms with van der Waals surface area (Å²) in [5.74, 6) is -2.14. The fourth-order valence-corrected chi connectivity index (χ4v) is 10.4. The Balaban J connectivity index is 1.59. The summed E-state index contributed by atoms with van der Waals surface area (Å²) < 4.78 is 4.97. The van der Waals surface area contributed by atoms with Crippen LogP contribution >= 0.6 is 11.8 Å². The molecule has 5 rings (SSSR count). The van der Waals surface area contributed by atoms with E-state index in [4.69, 9.17) is 4.74 Å². The molecule has 3 saturated heterocycles. The number of nitrogens with zero attached hydrogens (tertiary/aromatic N) is 2. The van der Waals surface area contributed by atoms with E-state index in [2.05, 4.69) is 20.1 Å². The number of fused-ring (bicyclic) bond motifs is 1. The normalized spacial score (nSPS) is 27.2. The molecule has 0 aliphatic carbocycles. The zero-order valence-corrected chi connectivity index (χ0v) is 27.5. The van der Waals surface area contributed by atoms with Gasteiger partial charge in [-0.15, -0.1) is 24.9 Å². The second kappa shape index (κ2) is 14.0. The number of esters is 1. The number of hydrogen-bond acceptors (Lipinski definition) is 6.